The largest absolute Gasteiger partial charge is 0.207 e. The minimum absolute atomic E-state index is 0.397. The lowest BCUT2D eigenvalue weighted by Gasteiger charge is -1.95. The van der Waals surface area contributed by atoms with Gasteiger partial charge in [0.05, 0.1) is 10.5 Å². The molecule has 0 aliphatic rings. The molecule has 0 radical (unpaired) electrons. The number of fused-ring (bicyclic) bond motifs is 6. The molecule has 0 aliphatic carbocycles. The predicted octanol–water partition coefficient (Wildman–Crippen LogP) is 4.57. The molecule has 0 unspecified atom stereocenters. The summed E-state index contributed by atoms with van der Waals surface area (Å²) in [4.78, 5) is 7.05. The normalized spacial score (nSPS) is 13.0. The second kappa shape index (κ2) is 5.67. The average molecular weight is 366 g/mol. The van der Waals surface area contributed by atoms with E-state index in [9.17, 15) is 8.78 Å². The maximum absolute atomic E-state index is 13.8. The summed E-state index contributed by atoms with van der Waals surface area (Å²) in [6.07, 6.45) is 1.79. The molecule has 0 aromatic heterocycles. The van der Waals surface area contributed by atoms with Crippen LogP contribution in [-0.4, -0.2) is 0 Å². The molecule has 28 heavy (non-hydrogen) atoms. The van der Waals surface area contributed by atoms with Crippen molar-refractivity contribution in [1.82, 2.24) is 0 Å². The average Bonchev–Trinajstić information content (AvgIpc) is 3.13. The van der Waals surface area contributed by atoms with E-state index >= 15 is 0 Å². The Hall–Kier alpha value is -4.16. The summed E-state index contributed by atoms with van der Waals surface area (Å²) in [5.74, 6) is -0.829. The van der Waals surface area contributed by atoms with Gasteiger partial charge in [-0.3, -0.25) is 0 Å². The summed E-state index contributed by atoms with van der Waals surface area (Å²) in [6, 6.07) is 12.4. The van der Waals surface area contributed by atoms with Crippen molar-refractivity contribution in [3.05, 3.63) is 82.4 Å². The molecule has 0 heterocycles. The predicted molar refractivity (Wildman–Crippen MR) is 102 cm³/mol. The van der Waals surface area contributed by atoms with E-state index in [1.165, 1.54) is 24.3 Å². The fourth-order valence-electron chi connectivity index (χ4n) is 3.95. The highest BCUT2D eigenvalue weighted by atomic mass is 19.1. The Morgan fingerprint density at radius 2 is 1.21 bits per heavy atom. The van der Waals surface area contributed by atoms with Gasteiger partial charge in [-0.25, -0.2) is 8.78 Å². The second-order valence-electron chi connectivity index (χ2n) is 6.43. The van der Waals surface area contributed by atoms with Crippen molar-refractivity contribution in [3.8, 4) is 6.19 Å². The van der Waals surface area contributed by atoms with Crippen LogP contribution in [-0.2, 0) is 0 Å². The Morgan fingerprint density at radius 1 is 0.714 bits per heavy atom. The van der Waals surface area contributed by atoms with E-state index in [0.29, 0.717) is 32.3 Å². The molecule has 0 amide bonds. The standard InChI is InChI=1S/C22H8F2N4/c1-26-28-22-18-7-12(24)3-5-14(18)16-8-19-15(9-20(16)22)13-4-2-11(23)6-17(13)21(19)27-10-25/h2-9H/b27-21+,28-22+. The van der Waals surface area contributed by atoms with E-state index in [4.69, 9.17) is 11.8 Å². The van der Waals surface area contributed by atoms with E-state index in [-0.39, 0.29) is 0 Å². The van der Waals surface area contributed by atoms with Crippen LogP contribution in [0.25, 0.3) is 48.0 Å². The van der Waals surface area contributed by atoms with Gasteiger partial charge in [-0.15, -0.1) is 4.95 Å². The molecule has 0 aliphatic heterocycles. The first-order chi connectivity index (χ1) is 13.6. The van der Waals surface area contributed by atoms with Crippen molar-refractivity contribution in [3.63, 3.8) is 0 Å². The van der Waals surface area contributed by atoms with E-state index in [1.807, 2.05) is 12.1 Å². The molecule has 0 atom stereocenters. The monoisotopic (exact) mass is 366 g/mol. The van der Waals surface area contributed by atoms with Crippen LogP contribution in [0.3, 0.4) is 0 Å². The molecule has 130 valence electrons. The first-order valence-electron chi connectivity index (χ1n) is 8.33. The third-order valence-electron chi connectivity index (χ3n) is 5.03. The van der Waals surface area contributed by atoms with Gasteiger partial charge in [0.15, 0.2) is 5.36 Å². The lowest BCUT2D eigenvalue weighted by Crippen LogP contribution is -1.99. The zero-order valence-corrected chi connectivity index (χ0v) is 14.2. The highest BCUT2D eigenvalue weighted by Crippen LogP contribution is 2.32. The summed E-state index contributed by atoms with van der Waals surface area (Å²) in [5, 5.41) is 19.3. The van der Waals surface area contributed by atoms with Crippen LogP contribution in [0.4, 0.5) is 8.78 Å². The van der Waals surface area contributed by atoms with Gasteiger partial charge in [0.1, 0.15) is 11.6 Å². The Labute approximate surface area is 156 Å². The number of benzene rings is 3. The molecule has 0 N–H and O–H groups in total. The number of hydrogen-bond donors (Lipinski definition) is 0. The molecule has 0 saturated heterocycles. The van der Waals surface area contributed by atoms with Gasteiger partial charge in [-0.1, -0.05) is 12.1 Å². The maximum atomic E-state index is 13.8. The number of rotatable bonds is 0. The summed E-state index contributed by atoms with van der Waals surface area (Å²) in [7, 11) is 0. The van der Waals surface area contributed by atoms with Crippen molar-refractivity contribution in [1.29, 1.82) is 5.26 Å². The Balaban J connectivity index is 2.12. The lowest BCUT2D eigenvalue weighted by atomic mass is 10.1. The summed E-state index contributed by atoms with van der Waals surface area (Å²) in [5.41, 5.74) is 0. The van der Waals surface area contributed by atoms with Gasteiger partial charge < -0.3 is 0 Å². The smallest absolute Gasteiger partial charge is 0.206 e. The van der Waals surface area contributed by atoms with Gasteiger partial charge in [0.25, 0.3) is 0 Å². The van der Waals surface area contributed by atoms with Crippen molar-refractivity contribution in [2.24, 2.45) is 10.1 Å². The summed E-state index contributed by atoms with van der Waals surface area (Å²) in [6.45, 7) is 7.13. The van der Waals surface area contributed by atoms with Crippen LogP contribution in [0, 0.1) is 29.7 Å². The summed E-state index contributed by atoms with van der Waals surface area (Å²) >= 11 is 0. The SMILES string of the molecule is [C-]#[N+]/N=c1\c2cc(F)ccc2c2cc3/c(=N/C#N)c4cc(F)ccc4c3cc12. The van der Waals surface area contributed by atoms with E-state index in [1.54, 1.807) is 18.3 Å². The highest BCUT2D eigenvalue weighted by molar-refractivity contribution is 6.21. The molecular weight excluding hydrogens is 358 g/mol. The first kappa shape index (κ1) is 16.0. The number of nitriles is 1. The second-order valence-corrected chi connectivity index (χ2v) is 6.43. The third-order valence-corrected chi connectivity index (χ3v) is 5.03. The topological polar surface area (TPSA) is 52.9 Å². The maximum Gasteiger partial charge on any atom is 0.206 e. The van der Waals surface area contributed by atoms with E-state index in [0.717, 1.165) is 21.5 Å². The first-order valence-corrected chi connectivity index (χ1v) is 8.33. The van der Waals surface area contributed by atoms with Gasteiger partial charge in [-0.05, 0) is 57.9 Å². The van der Waals surface area contributed by atoms with E-state index < -0.39 is 11.6 Å². The van der Waals surface area contributed by atoms with Crippen LogP contribution in [0.15, 0.2) is 58.6 Å². The number of halogens is 2. The zero-order chi connectivity index (χ0) is 19.4. The molecule has 0 fully saturated rings. The zero-order valence-electron chi connectivity index (χ0n) is 14.2. The number of hydrogen-bond acceptors (Lipinski definition) is 3. The molecule has 4 nitrogen and oxygen atoms in total. The van der Waals surface area contributed by atoms with Crippen LogP contribution in [0.1, 0.15) is 0 Å². The minimum Gasteiger partial charge on any atom is -0.207 e. The Kier molecular flexibility index (Phi) is 3.25. The van der Waals surface area contributed by atoms with Crippen molar-refractivity contribution >= 4 is 43.1 Å². The summed E-state index contributed by atoms with van der Waals surface area (Å²) < 4.78 is 27.6. The molecule has 6 heteroatoms. The molecule has 0 bridgehead atoms. The molecule has 0 spiro atoms. The van der Waals surface area contributed by atoms with Crippen LogP contribution in [0.5, 0.6) is 0 Å². The van der Waals surface area contributed by atoms with Crippen molar-refractivity contribution < 1.29 is 8.78 Å². The number of nitrogens with zero attached hydrogens (tertiary/aromatic N) is 4. The third kappa shape index (κ3) is 2.06. The van der Waals surface area contributed by atoms with Crippen molar-refractivity contribution in [2.75, 3.05) is 0 Å². The van der Waals surface area contributed by atoms with Crippen LogP contribution < -0.4 is 10.7 Å². The quantitative estimate of drug-likeness (QED) is 0.225. The molecule has 5 aromatic carbocycles. The van der Waals surface area contributed by atoms with Gasteiger partial charge in [0, 0.05) is 21.5 Å². The van der Waals surface area contributed by atoms with Crippen LogP contribution >= 0.6 is 0 Å². The Morgan fingerprint density at radius 3 is 1.75 bits per heavy atom. The minimum atomic E-state index is -0.416. The van der Waals surface area contributed by atoms with Crippen molar-refractivity contribution in [2.45, 2.75) is 0 Å². The molecule has 5 rings (SSSR count). The molecule has 5 aromatic rings. The highest BCUT2D eigenvalue weighted by Gasteiger charge is 2.16. The van der Waals surface area contributed by atoms with E-state index in [2.05, 4.69) is 15.0 Å². The van der Waals surface area contributed by atoms with Gasteiger partial charge >= 0.3 is 0 Å². The van der Waals surface area contributed by atoms with Crippen LogP contribution in [0.2, 0.25) is 0 Å². The fraction of sp³-hybridized carbons (Fsp3) is 0. The lowest BCUT2D eigenvalue weighted by molar-refractivity contribution is 0.629. The molecular formula is C22H8F2N4. The fourth-order valence-corrected chi connectivity index (χ4v) is 3.95. The molecule has 0 saturated carbocycles. The van der Waals surface area contributed by atoms with Gasteiger partial charge in [0.2, 0.25) is 6.19 Å². The van der Waals surface area contributed by atoms with Gasteiger partial charge in [-0.2, -0.15) is 16.8 Å². The Bertz CT molecular complexity index is 1530.